The average molecular weight is 360 g/mol. The Bertz CT molecular complexity index is 642. The van der Waals surface area contributed by atoms with Gasteiger partial charge in [0.1, 0.15) is 0 Å². The van der Waals surface area contributed by atoms with Crippen LogP contribution in [-0.2, 0) is 9.59 Å². The number of nitrogens with zero attached hydrogens (tertiary/aromatic N) is 1. The van der Waals surface area contributed by atoms with Crippen molar-refractivity contribution in [2.45, 2.75) is 37.8 Å². The van der Waals surface area contributed by atoms with Crippen molar-refractivity contribution in [3.05, 3.63) is 29.8 Å². The van der Waals surface area contributed by atoms with Crippen molar-refractivity contribution < 1.29 is 18.4 Å². The molecule has 0 aromatic heterocycles. The van der Waals surface area contributed by atoms with Gasteiger partial charge in [0.2, 0.25) is 11.8 Å². The Balaban J connectivity index is 0.00000208. The van der Waals surface area contributed by atoms with Crippen molar-refractivity contribution in [2.75, 3.05) is 18.0 Å². The number of carbonyl (C=O) groups excluding carboxylic acids is 2. The molecular formula is C16H20ClF2N3O2. The number of benzene rings is 1. The fourth-order valence-corrected chi connectivity index (χ4v) is 3.21. The Kier molecular flexibility index (Phi) is 5.45. The summed E-state index contributed by atoms with van der Waals surface area (Å²) in [6.07, 6.45) is 0.0816. The molecule has 2 unspecified atom stereocenters. The van der Waals surface area contributed by atoms with Gasteiger partial charge in [-0.05, 0) is 18.1 Å². The van der Waals surface area contributed by atoms with Crippen LogP contribution in [0.4, 0.5) is 14.5 Å². The van der Waals surface area contributed by atoms with Gasteiger partial charge in [-0.1, -0.05) is 18.2 Å². The molecule has 1 aromatic carbocycles. The van der Waals surface area contributed by atoms with Gasteiger partial charge in [-0.25, -0.2) is 8.78 Å². The third kappa shape index (κ3) is 3.67. The Morgan fingerprint density at radius 3 is 2.67 bits per heavy atom. The van der Waals surface area contributed by atoms with Gasteiger partial charge in [0.05, 0.1) is 18.6 Å². The summed E-state index contributed by atoms with van der Waals surface area (Å²) < 4.78 is 26.5. The number of hydrogen-bond acceptors (Lipinski definition) is 3. The number of nitrogens with one attached hydrogen (secondary N) is 2. The third-order valence-corrected chi connectivity index (χ3v) is 4.37. The highest BCUT2D eigenvalue weighted by Crippen LogP contribution is 2.34. The number of carbonyl (C=O) groups is 2. The fourth-order valence-electron chi connectivity index (χ4n) is 3.21. The van der Waals surface area contributed by atoms with E-state index in [1.807, 2.05) is 24.3 Å². The van der Waals surface area contributed by atoms with Crippen molar-refractivity contribution in [3.63, 3.8) is 0 Å². The zero-order valence-corrected chi connectivity index (χ0v) is 14.0. The van der Waals surface area contributed by atoms with Crippen LogP contribution in [0.3, 0.4) is 0 Å². The van der Waals surface area contributed by atoms with E-state index < -0.39 is 30.8 Å². The predicted molar refractivity (Wildman–Crippen MR) is 88.6 cm³/mol. The Labute approximate surface area is 145 Å². The maximum Gasteiger partial charge on any atom is 0.262 e. The highest BCUT2D eigenvalue weighted by atomic mass is 35.5. The summed E-state index contributed by atoms with van der Waals surface area (Å²) in [5, 5.41) is 5.40. The van der Waals surface area contributed by atoms with Crippen molar-refractivity contribution in [3.8, 4) is 0 Å². The highest BCUT2D eigenvalue weighted by molar-refractivity contribution is 5.93. The van der Waals surface area contributed by atoms with Crippen LogP contribution in [0.15, 0.2) is 24.3 Å². The Morgan fingerprint density at radius 2 is 2.04 bits per heavy atom. The molecule has 0 radical (unpaired) electrons. The van der Waals surface area contributed by atoms with Gasteiger partial charge in [0.25, 0.3) is 5.92 Å². The summed E-state index contributed by atoms with van der Waals surface area (Å²) in [4.78, 5) is 25.6. The lowest BCUT2D eigenvalue weighted by Crippen LogP contribution is -2.45. The van der Waals surface area contributed by atoms with E-state index in [9.17, 15) is 18.4 Å². The molecular weight excluding hydrogens is 340 g/mol. The molecule has 2 amide bonds. The van der Waals surface area contributed by atoms with Crippen molar-refractivity contribution in [1.29, 1.82) is 0 Å². The molecule has 1 fully saturated rings. The second kappa shape index (κ2) is 7.03. The van der Waals surface area contributed by atoms with Crippen LogP contribution in [0, 0.1) is 0 Å². The second-order valence-electron chi connectivity index (χ2n) is 6.07. The number of halogens is 3. The molecule has 2 atom stereocenters. The van der Waals surface area contributed by atoms with E-state index in [0.717, 1.165) is 11.3 Å². The standard InChI is InChI=1S/C16H19F2N3O2.ClH/c1-10(22)21-7-6-12(11-4-2-3-5-14(11)21)20-15(23)13-8-16(17,18)9-19-13;/h2-5,12-13,19H,6-9H2,1H3,(H,20,23);1H. The van der Waals surface area contributed by atoms with Gasteiger partial charge in [-0.3, -0.25) is 14.9 Å². The lowest BCUT2D eigenvalue weighted by molar-refractivity contribution is -0.124. The monoisotopic (exact) mass is 359 g/mol. The van der Waals surface area contributed by atoms with Crippen LogP contribution < -0.4 is 15.5 Å². The molecule has 24 heavy (non-hydrogen) atoms. The summed E-state index contributed by atoms with van der Waals surface area (Å²) in [6.45, 7) is 1.52. The Hall–Kier alpha value is -1.73. The number of alkyl halides is 2. The minimum absolute atomic E-state index is 0. The maximum atomic E-state index is 13.2. The summed E-state index contributed by atoms with van der Waals surface area (Å²) >= 11 is 0. The highest BCUT2D eigenvalue weighted by Gasteiger charge is 2.43. The molecule has 132 valence electrons. The molecule has 2 N–H and O–H groups in total. The van der Waals surface area contributed by atoms with Crippen LogP contribution >= 0.6 is 12.4 Å². The van der Waals surface area contributed by atoms with E-state index in [4.69, 9.17) is 0 Å². The van der Waals surface area contributed by atoms with Crippen LogP contribution in [-0.4, -0.2) is 36.9 Å². The zero-order chi connectivity index (χ0) is 16.6. The van der Waals surface area contributed by atoms with Gasteiger partial charge in [0, 0.05) is 25.6 Å². The van der Waals surface area contributed by atoms with Crippen LogP contribution in [0.25, 0.3) is 0 Å². The average Bonchev–Trinajstić information content (AvgIpc) is 2.87. The first-order valence-corrected chi connectivity index (χ1v) is 7.66. The first-order valence-electron chi connectivity index (χ1n) is 7.66. The molecule has 1 saturated heterocycles. The molecule has 0 spiro atoms. The predicted octanol–water partition coefficient (Wildman–Crippen LogP) is 2.02. The van der Waals surface area contributed by atoms with Crippen molar-refractivity contribution >= 4 is 29.9 Å². The summed E-state index contributed by atoms with van der Waals surface area (Å²) in [5.74, 6) is -3.31. The molecule has 0 aliphatic carbocycles. The van der Waals surface area contributed by atoms with Crippen LogP contribution in [0.2, 0.25) is 0 Å². The van der Waals surface area contributed by atoms with E-state index in [2.05, 4.69) is 10.6 Å². The summed E-state index contributed by atoms with van der Waals surface area (Å²) in [7, 11) is 0. The first-order chi connectivity index (χ1) is 10.9. The minimum Gasteiger partial charge on any atom is -0.348 e. The quantitative estimate of drug-likeness (QED) is 0.849. The number of amides is 2. The smallest absolute Gasteiger partial charge is 0.262 e. The summed E-state index contributed by atoms with van der Waals surface area (Å²) in [5.41, 5.74) is 1.60. The Morgan fingerprint density at radius 1 is 1.33 bits per heavy atom. The molecule has 8 heteroatoms. The van der Waals surface area contributed by atoms with E-state index in [-0.39, 0.29) is 24.4 Å². The van der Waals surface area contributed by atoms with E-state index >= 15 is 0 Å². The lowest BCUT2D eigenvalue weighted by Gasteiger charge is -2.34. The van der Waals surface area contributed by atoms with Crippen molar-refractivity contribution in [2.24, 2.45) is 0 Å². The van der Waals surface area contributed by atoms with Crippen LogP contribution in [0.5, 0.6) is 0 Å². The van der Waals surface area contributed by atoms with Gasteiger partial charge in [0.15, 0.2) is 0 Å². The van der Waals surface area contributed by atoms with E-state index in [1.54, 1.807) is 4.90 Å². The van der Waals surface area contributed by atoms with Gasteiger partial charge in [-0.15, -0.1) is 12.4 Å². The third-order valence-electron chi connectivity index (χ3n) is 4.37. The van der Waals surface area contributed by atoms with Gasteiger partial charge in [-0.2, -0.15) is 0 Å². The molecule has 2 aliphatic rings. The van der Waals surface area contributed by atoms with Gasteiger partial charge < -0.3 is 10.2 Å². The summed E-state index contributed by atoms with van der Waals surface area (Å²) in [6, 6.07) is 6.21. The number of anilines is 1. The SMILES string of the molecule is CC(=O)N1CCC(NC(=O)C2CC(F)(F)CN2)c2ccccc21.Cl. The number of para-hydroxylation sites is 1. The largest absolute Gasteiger partial charge is 0.348 e. The lowest BCUT2D eigenvalue weighted by atomic mass is 9.96. The second-order valence-corrected chi connectivity index (χ2v) is 6.07. The molecule has 0 bridgehead atoms. The topological polar surface area (TPSA) is 61.4 Å². The van der Waals surface area contributed by atoms with Gasteiger partial charge >= 0.3 is 0 Å². The number of rotatable bonds is 2. The fraction of sp³-hybridized carbons (Fsp3) is 0.500. The molecule has 1 aromatic rings. The van der Waals surface area contributed by atoms with E-state index in [0.29, 0.717) is 13.0 Å². The zero-order valence-electron chi connectivity index (χ0n) is 13.2. The normalized spacial score (nSPS) is 24.7. The molecule has 5 nitrogen and oxygen atoms in total. The number of hydrogen-bond donors (Lipinski definition) is 2. The first kappa shape index (κ1) is 18.6. The van der Waals surface area contributed by atoms with E-state index in [1.165, 1.54) is 6.92 Å². The molecule has 2 aliphatic heterocycles. The molecule has 3 rings (SSSR count). The molecule has 0 saturated carbocycles. The molecule has 2 heterocycles. The van der Waals surface area contributed by atoms with Crippen molar-refractivity contribution in [1.82, 2.24) is 10.6 Å². The maximum absolute atomic E-state index is 13.2. The number of fused-ring (bicyclic) bond motifs is 1. The van der Waals surface area contributed by atoms with Crippen LogP contribution in [0.1, 0.15) is 31.4 Å². The minimum atomic E-state index is -2.84.